The molecule has 1 saturated carbocycles. The molecule has 1 amide bonds. The Bertz CT molecular complexity index is 157. The van der Waals surface area contributed by atoms with Crippen molar-refractivity contribution >= 4 is 6.41 Å². The first-order valence-corrected chi connectivity index (χ1v) is 4.73. The van der Waals surface area contributed by atoms with Gasteiger partial charge in [0.1, 0.15) is 0 Å². The number of carbonyl (C=O) groups is 1. The molecule has 76 valence electrons. The molecule has 1 aliphatic carbocycles. The molecule has 0 aromatic rings. The van der Waals surface area contributed by atoms with E-state index in [1.165, 1.54) is 0 Å². The minimum absolute atomic E-state index is 0.132. The summed E-state index contributed by atoms with van der Waals surface area (Å²) in [7, 11) is 0. The Hall–Kier alpha value is -0.610. The molecule has 1 unspecified atom stereocenters. The van der Waals surface area contributed by atoms with Crippen LogP contribution in [0.3, 0.4) is 0 Å². The molecule has 0 radical (unpaired) electrons. The first-order chi connectivity index (χ1) is 6.26. The van der Waals surface area contributed by atoms with Crippen LogP contribution in [0.4, 0.5) is 0 Å². The number of amides is 1. The molecule has 1 atom stereocenters. The molecule has 13 heavy (non-hydrogen) atoms. The quantitative estimate of drug-likeness (QED) is 0.491. The highest BCUT2D eigenvalue weighted by molar-refractivity contribution is 5.47. The van der Waals surface area contributed by atoms with Crippen LogP contribution in [-0.4, -0.2) is 31.5 Å². The minimum Gasteiger partial charge on any atom is -0.356 e. The second kappa shape index (κ2) is 5.19. The predicted molar refractivity (Wildman–Crippen MR) is 48.2 cm³/mol. The molecule has 0 aromatic carbocycles. The normalized spacial score (nSPS) is 29.1. The van der Waals surface area contributed by atoms with Gasteiger partial charge in [0.2, 0.25) is 6.41 Å². The smallest absolute Gasteiger partial charge is 0.207 e. The van der Waals surface area contributed by atoms with Gasteiger partial charge >= 0.3 is 0 Å². The fourth-order valence-corrected chi connectivity index (χ4v) is 1.45. The molecule has 0 bridgehead atoms. The van der Waals surface area contributed by atoms with E-state index in [1.54, 1.807) is 0 Å². The van der Waals surface area contributed by atoms with Crippen LogP contribution in [0.1, 0.15) is 26.7 Å². The van der Waals surface area contributed by atoms with E-state index in [0.717, 1.165) is 19.3 Å². The third-order valence-electron chi connectivity index (χ3n) is 2.18. The maximum absolute atomic E-state index is 10.1. The van der Waals surface area contributed by atoms with Crippen molar-refractivity contribution in [3.8, 4) is 0 Å². The number of hydrogen-bond donors (Lipinski definition) is 1. The summed E-state index contributed by atoms with van der Waals surface area (Å²) < 4.78 is 10.8. The standard InChI is InChI=1S/C9H17NO3/c1-3-12-7(2)13-9-4-8(5-9)10-6-11/h6-9H,3-5H2,1-2H3,(H,10,11). The summed E-state index contributed by atoms with van der Waals surface area (Å²) in [5.74, 6) is 0. The van der Waals surface area contributed by atoms with E-state index in [4.69, 9.17) is 9.47 Å². The van der Waals surface area contributed by atoms with Crippen molar-refractivity contribution in [1.29, 1.82) is 0 Å². The number of rotatable bonds is 6. The van der Waals surface area contributed by atoms with Crippen molar-refractivity contribution in [1.82, 2.24) is 5.32 Å². The Morgan fingerprint density at radius 2 is 2.31 bits per heavy atom. The summed E-state index contributed by atoms with van der Waals surface area (Å²) in [5, 5.41) is 2.72. The van der Waals surface area contributed by atoms with Crippen LogP contribution in [-0.2, 0) is 14.3 Å². The fourth-order valence-electron chi connectivity index (χ4n) is 1.45. The van der Waals surface area contributed by atoms with Crippen molar-refractivity contribution in [3.63, 3.8) is 0 Å². The molecule has 0 aliphatic heterocycles. The average Bonchev–Trinajstić information content (AvgIpc) is 2.01. The van der Waals surface area contributed by atoms with Gasteiger partial charge in [0.25, 0.3) is 0 Å². The molecule has 4 heteroatoms. The fraction of sp³-hybridized carbons (Fsp3) is 0.889. The van der Waals surface area contributed by atoms with Gasteiger partial charge in [-0.1, -0.05) is 0 Å². The van der Waals surface area contributed by atoms with Crippen LogP contribution >= 0.6 is 0 Å². The van der Waals surface area contributed by atoms with Crippen LogP contribution in [0.5, 0.6) is 0 Å². The van der Waals surface area contributed by atoms with E-state index in [0.29, 0.717) is 12.6 Å². The van der Waals surface area contributed by atoms with E-state index < -0.39 is 0 Å². The Labute approximate surface area is 78.6 Å². The molecule has 0 aromatic heterocycles. The zero-order chi connectivity index (χ0) is 9.68. The first-order valence-electron chi connectivity index (χ1n) is 4.73. The molecule has 4 nitrogen and oxygen atoms in total. The van der Waals surface area contributed by atoms with Crippen LogP contribution < -0.4 is 5.32 Å². The lowest BCUT2D eigenvalue weighted by atomic mass is 9.89. The Morgan fingerprint density at radius 1 is 1.62 bits per heavy atom. The van der Waals surface area contributed by atoms with Gasteiger partial charge in [-0.05, 0) is 26.7 Å². The van der Waals surface area contributed by atoms with Gasteiger partial charge in [-0.2, -0.15) is 0 Å². The first kappa shape index (κ1) is 10.5. The highest BCUT2D eigenvalue weighted by Crippen LogP contribution is 2.24. The van der Waals surface area contributed by atoms with E-state index in [2.05, 4.69) is 5.32 Å². The molecule has 0 saturated heterocycles. The zero-order valence-corrected chi connectivity index (χ0v) is 8.16. The number of nitrogens with one attached hydrogen (secondary N) is 1. The van der Waals surface area contributed by atoms with E-state index in [9.17, 15) is 4.79 Å². The highest BCUT2D eigenvalue weighted by atomic mass is 16.7. The third-order valence-corrected chi connectivity index (χ3v) is 2.18. The topological polar surface area (TPSA) is 47.6 Å². The second-order valence-corrected chi connectivity index (χ2v) is 3.23. The molecule has 1 rings (SSSR count). The SMILES string of the molecule is CCOC(C)OC1CC(NC=O)C1. The van der Waals surface area contributed by atoms with Gasteiger partial charge < -0.3 is 14.8 Å². The summed E-state index contributed by atoms with van der Waals surface area (Å²) >= 11 is 0. The molecular weight excluding hydrogens is 170 g/mol. The van der Waals surface area contributed by atoms with Gasteiger partial charge in [0.15, 0.2) is 6.29 Å². The van der Waals surface area contributed by atoms with E-state index in [-0.39, 0.29) is 12.4 Å². The lowest BCUT2D eigenvalue weighted by molar-refractivity contribution is -0.178. The van der Waals surface area contributed by atoms with Gasteiger partial charge in [0, 0.05) is 12.6 Å². The number of carbonyl (C=O) groups excluding carboxylic acids is 1. The summed E-state index contributed by atoms with van der Waals surface area (Å²) in [6, 6.07) is 0.302. The van der Waals surface area contributed by atoms with Gasteiger partial charge in [0.05, 0.1) is 6.10 Å². The molecule has 0 heterocycles. The lowest BCUT2D eigenvalue weighted by Crippen LogP contribution is -2.46. The second-order valence-electron chi connectivity index (χ2n) is 3.23. The molecular formula is C9H17NO3. The molecule has 1 N–H and O–H groups in total. The summed E-state index contributed by atoms with van der Waals surface area (Å²) in [6.07, 6.45) is 2.66. The van der Waals surface area contributed by atoms with Crippen molar-refractivity contribution in [3.05, 3.63) is 0 Å². The maximum Gasteiger partial charge on any atom is 0.207 e. The van der Waals surface area contributed by atoms with Crippen LogP contribution in [0.2, 0.25) is 0 Å². The summed E-state index contributed by atoms with van der Waals surface area (Å²) in [6.45, 7) is 4.51. The zero-order valence-electron chi connectivity index (χ0n) is 8.16. The van der Waals surface area contributed by atoms with Crippen molar-refractivity contribution in [2.75, 3.05) is 6.61 Å². The van der Waals surface area contributed by atoms with Crippen LogP contribution in [0.15, 0.2) is 0 Å². The number of hydrogen-bond acceptors (Lipinski definition) is 3. The minimum atomic E-state index is -0.132. The van der Waals surface area contributed by atoms with Crippen LogP contribution in [0, 0.1) is 0 Å². The van der Waals surface area contributed by atoms with Gasteiger partial charge in [-0.3, -0.25) is 4.79 Å². The van der Waals surface area contributed by atoms with Crippen LogP contribution in [0.25, 0.3) is 0 Å². The lowest BCUT2D eigenvalue weighted by Gasteiger charge is -2.36. The Kier molecular flexibility index (Phi) is 4.18. The Balaban J connectivity index is 2.03. The van der Waals surface area contributed by atoms with Crippen molar-refractivity contribution in [2.45, 2.75) is 45.1 Å². The third kappa shape index (κ3) is 3.32. The molecule has 0 spiro atoms. The molecule has 1 fully saturated rings. The van der Waals surface area contributed by atoms with Gasteiger partial charge in [-0.15, -0.1) is 0 Å². The highest BCUT2D eigenvalue weighted by Gasteiger charge is 2.30. The predicted octanol–water partition coefficient (Wildman–Crippen LogP) is 0.663. The van der Waals surface area contributed by atoms with E-state index in [1.807, 2.05) is 13.8 Å². The summed E-state index contributed by atoms with van der Waals surface area (Å²) in [4.78, 5) is 10.1. The number of ether oxygens (including phenoxy) is 2. The Morgan fingerprint density at radius 3 is 2.85 bits per heavy atom. The average molecular weight is 187 g/mol. The maximum atomic E-state index is 10.1. The molecule has 1 aliphatic rings. The summed E-state index contributed by atoms with van der Waals surface area (Å²) in [5.41, 5.74) is 0. The van der Waals surface area contributed by atoms with E-state index >= 15 is 0 Å². The van der Waals surface area contributed by atoms with Gasteiger partial charge in [-0.25, -0.2) is 0 Å². The van der Waals surface area contributed by atoms with Crippen molar-refractivity contribution in [2.24, 2.45) is 0 Å². The largest absolute Gasteiger partial charge is 0.356 e. The monoisotopic (exact) mass is 187 g/mol. The van der Waals surface area contributed by atoms with Crippen molar-refractivity contribution < 1.29 is 14.3 Å².